The molecule has 0 bridgehead atoms. The lowest BCUT2D eigenvalue weighted by Gasteiger charge is -2.02. The van der Waals surface area contributed by atoms with E-state index < -0.39 is 6.10 Å². The molecule has 0 aliphatic rings. The molecule has 0 saturated carbocycles. The van der Waals surface area contributed by atoms with E-state index in [9.17, 15) is 4.79 Å². The Kier molecular flexibility index (Phi) is 4.54. The monoisotopic (exact) mass is 158 g/mol. The zero-order valence-corrected chi connectivity index (χ0v) is 7.07. The molecule has 0 unspecified atom stereocenters. The van der Waals surface area contributed by atoms with E-state index in [-0.39, 0.29) is 11.9 Å². The minimum Gasteiger partial charge on any atom is -0.469 e. The van der Waals surface area contributed by atoms with Gasteiger partial charge in [-0.15, -0.1) is 0 Å². The third kappa shape index (κ3) is 4.56. The van der Waals surface area contributed by atoms with Gasteiger partial charge in [-0.3, -0.25) is 4.79 Å². The summed E-state index contributed by atoms with van der Waals surface area (Å²) >= 11 is 0. The molecule has 64 valence electrons. The van der Waals surface area contributed by atoms with Gasteiger partial charge in [0.25, 0.3) is 0 Å². The first-order valence-electron chi connectivity index (χ1n) is 3.52. The second-order valence-corrected chi connectivity index (χ2v) is 2.44. The molecule has 2 atom stereocenters. The first-order valence-corrected chi connectivity index (χ1v) is 3.52. The van der Waals surface area contributed by atoms with Crippen LogP contribution < -0.4 is 0 Å². The Bertz CT molecular complexity index is 149. The van der Waals surface area contributed by atoms with Crippen LogP contribution in [-0.4, -0.2) is 24.3 Å². The molecule has 3 nitrogen and oxygen atoms in total. The van der Waals surface area contributed by atoms with Crippen LogP contribution in [0.25, 0.3) is 0 Å². The van der Waals surface area contributed by atoms with Gasteiger partial charge >= 0.3 is 5.97 Å². The van der Waals surface area contributed by atoms with Crippen molar-refractivity contribution in [2.24, 2.45) is 5.92 Å². The molecule has 0 aromatic rings. The van der Waals surface area contributed by atoms with Gasteiger partial charge in [-0.25, -0.2) is 0 Å². The Balaban J connectivity index is 3.86. The van der Waals surface area contributed by atoms with E-state index in [1.807, 2.05) is 0 Å². The molecule has 0 rings (SSSR count). The first-order chi connectivity index (χ1) is 5.07. The average Bonchev–Trinajstić information content (AvgIpc) is 1.98. The molecular weight excluding hydrogens is 144 g/mol. The van der Waals surface area contributed by atoms with E-state index >= 15 is 0 Å². The fourth-order valence-electron chi connectivity index (χ4n) is 0.592. The predicted molar refractivity (Wildman–Crippen MR) is 42.0 cm³/mol. The Labute approximate surface area is 66.7 Å². The smallest absolute Gasteiger partial charge is 0.312 e. The van der Waals surface area contributed by atoms with Crippen molar-refractivity contribution in [2.75, 3.05) is 7.11 Å². The van der Waals surface area contributed by atoms with Gasteiger partial charge < -0.3 is 9.84 Å². The Morgan fingerprint density at radius 1 is 1.45 bits per heavy atom. The standard InChI is InChI=1S/C8H14O3/c1-6(8(10)11-3)4-5-7(2)9/h4-7,9H,1-3H3/t6-,7+/m1/s1. The third-order valence-corrected chi connectivity index (χ3v) is 1.25. The maximum atomic E-state index is 10.8. The summed E-state index contributed by atoms with van der Waals surface area (Å²) < 4.78 is 4.47. The van der Waals surface area contributed by atoms with Gasteiger partial charge in [0.05, 0.1) is 19.1 Å². The number of methoxy groups -OCH3 is 1. The highest BCUT2D eigenvalue weighted by molar-refractivity contribution is 5.73. The van der Waals surface area contributed by atoms with Crippen molar-refractivity contribution in [2.45, 2.75) is 20.0 Å². The molecule has 0 aromatic carbocycles. The van der Waals surface area contributed by atoms with Crippen molar-refractivity contribution in [3.63, 3.8) is 0 Å². The van der Waals surface area contributed by atoms with Crippen LogP contribution in [0.5, 0.6) is 0 Å². The molecule has 0 spiro atoms. The lowest BCUT2D eigenvalue weighted by Crippen LogP contribution is -2.10. The molecule has 0 amide bonds. The van der Waals surface area contributed by atoms with Gasteiger partial charge in [-0.05, 0) is 13.8 Å². The van der Waals surface area contributed by atoms with E-state index in [0.717, 1.165) is 0 Å². The molecule has 1 N–H and O–H groups in total. The number of aliphatic hydroxyl groups excluding tert-OH is 1. The molecule has 0 radical (unpaired) electrons. The molecular formula is C8H14O3. The van der Waals surface area contributed by atoms with Crippen LogP contribution in [0.2, 0.25) is 0 Å². The van der Waals surface area contributed by atoms with E-state index in [4.69, 9.17) is 5.11 Å². The van der Waals surface area contributed by atoms with Crippen LogP contribution in [0.4, 0.5) is 0 Å². The van der Waals surface area contributed by atoms with Gasteiger partial charge in [0.2, 0.25) is 0 Å². The summed E-state index contributed by atoms with van der Waals surface area (Å²) in [6.07, 6.45) is 2.67. The zero-order chi connectivity index (χ0) is 8.85. The summed E-state index contributed by atoms with van der Waals surface area (Å²) in [4.78, 5) is 10.8. The minimum atomic E-state index is -0.512. The predicted octanol–water partition coefficient (Wildman–Crippen LogP) is 0.732. The quantitative estimate of drug-likeness (QED) is 0.486. The van der Waals surface area contributed by atoms with Crippen LogP contribution in [0.15, 0.2) is 12.2 Å². The fraction of sp³-hybridized carbons (Fsp3) is 0.625. The zero-order valence-electron chi connectivity index (χ0n) is 7.07. The molecule has 0 fully saturated rings. The van der Waals surface area contributed by atoms with Crippen molar-refractivity contribution >= 4 is 5.97 Å². The Morgan fingerprint density at radius 3 is 2.36 bits per heavy atom. The third-order valence-electron chi connectivity index (χ3n) is 1.25. The Morgan fingerprint density at radius 2 is 2.00 bits per heavy atom. The molecule has 3 heteroatoms. The lowest BCUT2D eigenvalue weighted by molar-refractivity contribution is -0.143. The van der Waals surface area contributed by atoms with Crippen LogP contribution >= 0.6 is 0 Å². The number of aliphatic hydroxyl groups is 1. The van der Waals surface area contributed by atoms with E-state index in [1.54, 1.807) is 26.0 Å². The number of hydrogen-bond donors (Lipinski definition) is 1. The number of ether oxygens (including phenoxy) is 1. The fourth-order valence-corrected chi connectivity index (χ4v) is 0.592. The molecule has 0 heterocycles. The number of esters is 1. The van der Waals surface area contributed by atoms with Crippen molar-refractivity contribution in [3.8, 4) is 0 Å². The van der Waals surface area contributed by atoms with Crippen LogP contribution in [0.3, 0.4) is 0 Å². The highest BCUT2D eigenvalue weighted by Gasteiger charge is 2.07. The van der Waals surface area contributed by atoms with Gasteiger partial charge in [0, 0.05) is 0 Å². The maximum absolute atomic E-state index is 10.8. The van der Waals surface area contributed by atoms with Crippen molar-refractivity contribution in [1.82, 2.24) is 0 Å². The van der Waals surface area contributed by atoms with E-state index in [0.29, 0.717) is 0 Å². The van der Waals surface area contributed by atoms with Gasteiger partial charge in [-0.2, -0.15) is 0 Å². The SMILES string of the molecule is COC(=O)[C@H](C)C=C[C@H](C)O. The Hall–Kier alpha value is -0.830. The second-order valence-electron chi connectivity index (χ2n) is 2.44. The molecule has 11 heavy (non-hydrogen) atoms. The highest BCUT2D eigenvalue weighted by atomic mass is 16.5. The van der Waals surface area contributed by atoms with Crippen LogP contribution in [0.1, 0.15) is 13.8 Å². The second kappa shape index (κ2) is 4.91. The van der Waals surface area contributed by atoms with E-state index in [2.05, 4.69) is 4.74 Å². The number of carbonyl (C=O) groups excluding carboxylic acids is 1. The largest absolute Gasteiger partial charge is 0.469 e. The summed E-state index contributed by atoms with van der Waals surface area (Å²) in [6.45, 7) is 3.34. The van der Waals surface area contributed by atoms with Crippen LogP contribution in [0, 0.1) is 5.92 Å². The molecule has 0 aliphatic carbocycles. The molecule has 0 aliphatic heterocycles. The molecule has 0 saturated heterocycles. The first kappa shape index (κ1) is 10.2. The van der Waals surface area contributed by atoms with E-state index in [1.165, 1.54) is 7.11 Å². The lowest BCUT2D eigenvalue weighted by atomic mass is 10.1. The van der Waals surface area contributed by atoms with Gasteiger partial charge in [0.1, 0.15) is 0 Å². The summed E-state index contributed by atoms with van der Waals surface area (Å²) in [5.74, 6) is -0.573. The number of rotatable bonds is 3. The van der Waals surface area contributed by atoms with Crippen molar-refractivity contribution in [1.29, 1.82) is 0 Å². The number of carbonyl (C=O) groups is 1. The normalized spacial score (nSPS) is 16.4. The van der Waals surface area contributed by atoms with Crippen molar-refractivity contribution < 1.29 is 14.6 Å². The molecule has 0 aromatic heterocycles. The van der Waals surface area contributed by atoms with Crippen molar-refractivity contribution in [3.05, 3.63) is 12.2 Å². The summed E-state index contributed by atoms with van der Waals surface area (Å²) in [7, 11) is 1.34. The highest BCUT2D eigenvalue weighted by Crippen LogP contribution is 2.00. The summed E-state index contributed by atoms with van der Waals surface area (Å²) in [6, 6.07) is 0. The number of hydrogen-bond acceptors (Lipinski definition) is 3. The maximum Gasteiger partial charge on any atom is 0.312 e. The summed E-state index contributed by atoms with van der Waals surface area (Å²) in [5.41, 5.74) is 0. The average molecular weight is 158 g/mol. The van der Waals surface area contributed by atoms with Gasteiger partial charge in [-0.1, -0.05) is 12.2 Å². The summed E-state index contributed by atoms with van der Waals surface area (Å²) in [5, 5.41) is 8.82. The minimum absolute atomic E-state index is 0.283. The topological polar surface area (TPSA) is 46.5 Å². The van der Waals surface area contributed by atoms with Crippen LogP contribution in [-0.2, 0) is 9.53 Å². The van der Waals surface area contributed by atoms with Gasteiger partial charge in [0.15, 0.2) is 0 Å².